The van der Waals surface area contributed by atoms with E-state index in [0.29, 0.717) is 25.1 Å². The zero-order valence-corrected chi connectivity index (χ0v) is 17.2. The molecule has 2 aliphatic carbocycles. The van der Waals surface area contributed by atoms with Crippen LogP contribution in [0.25, 0.3) is 11.4 Å². The maximum Gasteiger partial charge on any atom is 0.215 e. The third-order valence-corrected chi connectivity index (χ3v) is 7.25. The third kappa shape index (κ3) is 2.77. The highest BCUT2D eigenvalue weighted by Crippen LogP contribution is 2.68. The van der Waals surface area contributed by atoms with E-state index in [1.165, 1.54) is 24.1 Å². The van der Waals surface area contributed by atoms with E-state index >= 15 is 0 Å². The average Bonchev–Trinajstić information content (AvgIpc) is 3.31. The predicted molar refractivity (Wildman–Crippen MR) is 111 cm³/mol. The molecule has 0 spiro atoms. The van der Waals surface area contributed by atoms with E-state index in [0.717, 1.165) is 17.1 Å². The van der Waals surface area contributed by atoms with Crippen molar-refractivity contribution in [1.82, 2.24) is 25.5 Å². The summed E-state index contributed by atoms with van der Waals surface area (Å²) in [5.41, 5.74) is 5.92. The minimum absolute atomic E-state index is 0.168. The topological polar surface area (TPSA) is 75.7 Å². The van der Waals surface area contributed by atoms with E-state index in [2.05, 4.69) is 41.3 Å². The molecular weight excluding hydrogens is 362 g/mol. The normalized spacial score (nSPS) is 23.9. The summed E-state index contributed by atoms with van der Waals surface area (Å²) in [5.74, 6) is 1.13. The van der Waals surface area contributed by atoms with E-state index in [4.69, 9.17) is 9.72 Å². The van der Waals surface area contributed by atoms with Gasteiger partial charge in [-0.05, 0) is 42.4 Å². The summed E-state index contributed by atoms with van der Waals surface area (Å²) >= 11 is 0. The Bertz CT molecular complexity index is 1030. The first-order chi connectivity index (χ1) is 14.0. The van der Waals surface area contributed by atoms with Crippen LogP contribution in [-0.4, -0.2) is 26.9 Å². The summed E-state index contributed by atoms with van der Waals surface area (Å²) in [7, 11) is 0. The van der Waals surface area contributed by atoms with Crippen LogP contribution < -0.4 is 10.1 Å². The van der Waals surface area contributed by atoms with Gasteiger partial charge in [0.05, 0.1) is 11.4 Å². The van der Waals surface area contributed by atoms with Gasteiger partial charge in [-0.25, -0.2) is 4.98 Å². The molecule has 150 valence electrons. The summed E-state index contributed by atoms with van der Waals surface area (Å²) < 4.78 is 5.82. The third-order valence-electron chi connectivity index (χ3n) is 7.25. The van der Waals surface area contributed by atoms with Crippen molar-refractivity contribution in [2.24, 2.45) is 5.41 Å². The smallest absolute Gasteiger partial charge is 0.215 e. The highest BCUT2D eigenvalue weighted by atomic mass is 16.5. The predicted octanol–water partition coefficient (Wildman–Crippen LogP) is 4.17. The minimum atomic E-state index is 0.168. The first-order valence-electron chi connectivity index (χ1n) is 10.3. The zero-order valence-electron chi connectivity index (χ0n) is 17.2. The Balaban J connectivity index is 1.32. The fourth-order valence-electron chi connectivity index (χ4n) is 5.19. The van der Waals surface area contributed by atoms with Gasteiger partial charge >= 0.3 is 0 Å². The molecule has 0 aromatic carbocycles. The Kier molecular flexibility index (Phi) is 4.21. The Morgan fingerprint density at radius 1 is 1.17 bits per heavy atom. The van der Waals surface area contributed by atoms with E-state index < -0.39 is 0 Å². The molecule has 2 aliphatic rings. The van der Waals surface area contributed by atoms with Crippen molar-refractivity contribution in [3.05, 3.63) is 59.5 Å². The molecule has 2 unspecified atom stereocenters. The summed E-state index contributed by atoms with van der Waals surface area (Å²) in [6.07, 6.45) is 4.23. The number of pyridine rings is 2. The number of aromatic nitrogens is 4. The van der Waals surface area contributed by atoms with Gasteiger partial charge in [0.1, 0.15) is 12.4 Å². The number of nitrogens with zero attached hydrogens (tertiary/aromatic N) is 3. The van der Waals surface area contributed by atoms with Gasteiger partial charge in [0.15, 0.2) is 0 Å². The van der Waals surface area contributed by atoms with E-state index in [-0.39, 0.29) is 10.8 Å². The fourth-order valence-corrected chi connectivity index (χ4v) is 5.19. The number of nitrogens with one attached hydrogen (secondary N) is 2. The van der Waals surface area contributed by atoms with Crippen LogP contribution in [0.4, 0.5) is 0 Å². The van der Waals surface area contributed by atoms with Gasteiger partial charge in [-0.1, -0.05) is 32.9 Å². The molecule has 0 amide bonds. The van der Waals surface area contributed by atoms with Gasteiger partial charge in [0.25, 0.3) is 0 Å². The molecule has 0 aliphatic heterocycles. The number of fused-ring (bicyclic) bond motifs is 5. The molecule has 1 saturated carbocycles. The van der Waals surface area contributed by atoms with Crippen LogP contribution in [0.5, 0.6) is 5.88 Å². The van der Waals surface area contributed by atoms with Crippen LogP contribution >= 0.6 is 0 Å². The molecule has 3 aromatic rings. The lowest BCUT2D eigenvalue weighted by Gasteiger charge is -2.34. The van der Waals surface area contributed by atoms with Crippen molar-refractivity contribution in [2.45, 2.75) is 51.5 Å². The van der Waals surface area contributed by atoms with Gasteiger partial charge in [0.2, 0.25) is 5.88 Å². The summed E-state index contributed by atoms with van der Waals surface area (Å²) in [6, 6.07) is 11.8. The average molecular weight is 390 g/mol. The standard InChI is InChI=1S/C23H27N5O/c1-22(2)16-10-11-23(22,3)21-19(16)20(27-28-21)17-8-6-9-18(26-17)29-14-24-13-15-7-4-5-12-25-15/h4-9,12,16,24H,10-11,13-14H2,1-3H3,(H,27,28). The number of ether oxygens (including phenoxy) is 1. The second kappa shape index (κ2) is 6.66. The van der Waals surface area contributed by atoms with E-state index in [1.807, 2.05) is 36.4 Å². The van der Waals surface area contributed by atoms with Crippen LogP contribution in [0.3, 0.4) is 0 Å². The molecule has 29 heavy (non-hydrogen) atoms. The second-order valence-electron chi connectivity index (χ2n) is 8.90. The van der Waals surface area contributed by atoms with Crippen molar-refractivity contribution < 1.29 is 4.74 Å². The van der Waals surface area contributed by atoms with Crippen molar-refractivity contribution in [3.8, 4) is 17.3 Å². The minimum Gasteiger partial charge on any atom is -0.462 e. The molecule has 0 saturated heterocycles. The van der Waals surface area contributed by atoms with Crippen molar-refractivity contribution in [1.29, 1.82) is 0 Å². The van der Waals surface area contributed by atoms with Crippen LogP contribution in [0, 0.1) is 5.41 Å². The van der Waals surface area contributed by atoms with Crippen molar-refractivity contribution in [3.63, 3.8) is 0 Å². The van der Waals surface area contributed by atoms with Gasteiger partial charge in [-0.15, -0.1) is 0 Å². The maximum atomic E-state index is 5.82. The number of hydrogen-bond donors (Lipinski definition) is 2. The molecular formula is C23H27N5O. The highest BCUT2D eigenvalue weighted by molar-refractivity contribution is 5.66. The van der Waals surface area contributed by atoms with E-state index in [9.17, 15) is 0 Å². The molecule has 1 fully saturated rings. The molecule has 2 N–H and O–H groups in total. The molecule has 2 atom stereocenters. The van der Waals surface area contributed by atoms with Crippen LogP contribution in [-0.2, 0) is 12.0 Å². The summed E-state index contributed by atoms with van der Waals surface area (Å²) in [4.78, 5) is 9.03. The largest absolute Gasteiger partial charge is 0.462 e. The van der Waals surface area contributed by atoms with Crippen molar-refractivity contribution >= 4 is 0 Å². The Morgan fingerprint density at radius 2 is 2.07 bits per heavy atom. The monoisotopic (exact) mass is 389 g/mol. The highest BCUT2D eigenvalue weighted by Gasteiger charge is 2.61. The lowest BCUT2D eigenvalue weighted by molar-refractivity contribution is 0.225. The van der Waals surface area contributed by atoms with Gasteiger partial charge in [-0.2, -0.15) is 5.10 Å². The maximum absolute atomic E-state index is 5.82. The Hall–Kier alpha value is -2.73. The van der Waals surface area contributed by atoms with Crippen LogP contribution in [0.15, 0.2) is 42.6 Å². The number of rotatable bonds is 6. The number of H-pyrrole nitrogens is 1. The molecule has 2 bridgehead atoms. The number of aromatic amines is 1. The van der Waals surface area contributed by atoms with Crippen molar-refractivity contribution in [2.75, 3.05) is 6.73 Å². The molecule has 5 rings (SSSR count). The van der Waals surface area contributed by atoms with Gasteiger partial charge < -0.3 is 4.74 Å². The van der Waals surface area contributed by atoms with Gasteiger partial charge in [0, 0.05) is 35.5 Å². The number of hydrogen-bond acceptors (Lipinski definition) is 5. The molecule has 6 nitrogen and oxygen atoms in total. The molecule has 0 radical (unpaired) electrons. The summed E-state index contributed by atoms with van der Waals surface area (Å²) in [5, 5.41) is 11.3. The second-order valence-corrected chi connectivity index (χ2v) is 8.90. The van der Waals surface area contributed by atoms with E-state index in [1.54, 1.807) is 6.20 Å². The lowest BCUT2D eigenvalue weighted by Crippen LogP contribution is -2.32. The zero-order chi connectivity index (χ0) is 20.1. The summed E-state index contributed by atoms with van der Waals surface area (Å²) in [6.45, 7) is 8.19. The van der Waals surface area contributed by atoms with Crippen LogP contribution in [0.1, 0.15) is 56.5 Å². The first kappa shape index (κ1) is 18.3. The molecule has 3 aromatic heterocycles. The lowest BCUT2D eigenvalue weighted by atomic mass is 9.70. The fraction of sp³-hybridized carbons (Fsp3) is 0.435. The Labute approximate surface area is 171 Å². The quantitative estimate of drug-likeness (QED) is 0.489. The van der Waals surface area contributed by atoms with Crippen LogP contribution in [0.2, 0.25) is 0 Å². The molecule has 6 heteroatoms. The van der Waals surface area contributed by atoms with Gasteiger partial charge in [-0.3, -0.25) is 15.4 Å². The Morgan fingerprint density at radius 3 is 2.90 bits per heavy atom. The first-order valence-corrected chi connectivity index (χ1v) is 10.3. The molecule has 3 heterocycles. The SMILES string of the molecule is CC12CCC(c3c(-c4cccc(OCNCc5ccccn5)n4)n[nH]c31)C2(C)C.